The molecule has 0 bridgehead atoms. The maximum Gasteiger partial charge on any atom is 0.0541 e. The summed E-state index contributed by atoms with van der Waals surface area (Å²) in [6.45, 7) is 0. The zero-order valence-electron chi connectivity index (χ0n) is 44.4. The average Bonchev–Trinajstić information content (AvgIpc) is 4.39. The van der Waals surface area contributed by atoms with Crippen molar-refractivity contribution < 1.29 is 0 Å². The lowest BCUT2D eigenvalue weighted by Gasteiger charge is -2.13. The monoisotopic (exact) mass is 1080 g/mol. The summed E-state index contributed by atoms with van der Waals surface area (Å²) in [5.41, 5.74) is 21.9. The van der Waals surface area contributed by atoms with Gasteiger partial charge in [-0.2, -0.15) is 0 Å². The molecule has 0 radical (unpaired) electrons. The fourth-order valence-electron chi connectivity index (χ4n) is 13.2. The molecule has 0 saturated heterocycles. The van der Waals surface area contributed by atoms with E-state index < -0.39 is 0 Å². The molecule has 0 unspecified atom stereocenters. The van der Waals surface area contributed by atoms with Crippen molar-refractivity contribution in [2.45, 2.75) is 0 Å². The second-order valence-corrected chi connectivity index (χ2v) is 23.6. The Morgan fingerprint density at radius 3 is 0.988 bits per heavy atom. The van der Waals surface area contributed by atoms with E-state index in [1.807, 2.05) is 22.7 Å². The van der Waals surface area contributed by atoms with Crippen molar-refractivity contribution in [1.82, 2.24) is 9.13 Å². The van der Waals surface area contributed by atoms with Gasteiger partial charge in [-0.1, -0.05) is 212 Å². The number of hydrogen-bond acceptors (Lipinski definition) is 2. The highest BCUT2D eigenvalue weighted by molar-refractivity contribution is 7.26. The smallest absolute Gasteiger partial charge is 0.0541 e. The van der Waals surface area contributed by atoms with Crippen LogP contribution < -0.4 is 0 Å². The highest BCUT2D eigenvalue weighted by Crippen LogP contribution is 2.47. The highest BCUT2D eigenvalue weighted by Gasteiger charge is 2.21. The topological polar surface area (TPSA) is 9.86 Å². The van der Waals surface area contributed by atoms with Crippen molar-refractivity contribution in [3.8, 4) is 78.1 Å². The fraction of sp³-hybridized carbons (Fsp3) is 0. The third kappa shape index (κ3) is 7.39. The van der Waals surface area contributed by atoms with Crippen LogP contribution in [0.3, 0.4) is 0 Å². The SMILES string of the molecule is c1ccc(-c2ccccc2-c2ccc3sc4c(-c5ccc6c(c5)c5ccccc5n6-c5cccc(-n6c7ccccc7c7cc(-c8cccc9c8sc8ccc(-c%10ccccc%10-c%10ccccc%10)cc89)ccc76)c5)cccc4c3c2)cc1. The molecule has 0 atom stereocenters. The van der Waals surface area contributed by atoms with Crippen molar-refractivity contribution in [3.05, 3.63) is 291 Å². The quantitative estimate of drug-likeness (QED) is 0.144. The minimum atomic E-state index is 1.12. The van der Waals surface area contributed by atoms with E-state index in [2.05, 4.69) is 300 Å². The molecule has 0 spiro atoms. The molecule has 0 fully saturated rings. The van der Waals surface area contributed by atoms with Crippen molar-refractivity contribution in [1.29, 1.82) is 0 Å². The minimum Gasteiger partial charge on any atom is -0.309 e. The van der Waals surface area contributed by atoms with Crippen LogP contribution in [0.25, 0.3) is 162 Å². The van der Waals surface area contributed by atoms with Gasteiger partial charge in [-0.05, 0) is 146 Å². The van der Waals surface area contributed by atoms with E-state index in [0.29, 0.717) is 0 Å². The van der Waals surface area contributed by atoms with Gasteiger partial charge in [0.1, 0.15) is 0 Å². The van der Waals surface area contributed by atoms with Gasteiger partial charge in [-0.15, -0.1) is 22.7 Å². The molecule has 0 N–H and O–H groups in total. The van der Waals surface area contributed by atoms with Gasteiger partial charge in [0.25, 0.3) is 0 Å². The van der Waals surface area contributed by atoms with Crippen LogP contribution in [0.15, 0.2) is 291 Å². The first-order chi connectivity index (χ1) is 40.7. The molecule has 0 aliphatic rings. The average molecular weight is 1080 g/mol. The normalized spacial score (nSPS) is 11.9. The van der Waals surface area contributed by atoms with Crippen molar-refractivity contribution in [3.63, 3.8) is 0 Å². The highest BCUT2D eigenvalue weighted by atomic mass is 32.1. The van der Waals surface area contributed by atoms with Crippen LogP contribution >= 0.6 is 22.7 Å². The zero-order chi connectivity index (χ0) is 53.8. The molecular weight excluding hydrogens is 1030 g/mol. The van der Waals surface area contributed by atoms with Gasteiger partial charge in [-0.3, -0.25) is 0 Å². The summed E-state index contributed by atoms with van der Waals surface area (Å²) in [7, 11) is 0. The minimum absolute atomic E-state index is 1.12. The van der Waals surface area contributed by atoms with Crippen LogP contribution in [0.2, 0.25) is 0 Å². The van der Waals surface area contributed by atoms with E-state index in [-0.39, 0.29) is 0 Å². The number of aromatic nitrogens is 2. The first-order valence-corrected chi connectivity index (χ1v) is 29.7. The number of fused-ring (bicyclic) bond motifs is 12. The Kier molecular flexibility index (Phi) is 10.7. The van der Waals surface area contributed by atoms with E-state index in [1.165, 1.54) is 151 Å². The molecule has 82 heavy (non-hydrogen) atoms. The molecule has 4 heteroatoms. The van der Waals surface area contributed by atoms with Crippen LogP contribution in [-0.4, -0.2) is 9.13 Å². The summed E-state index contributed by atoms with van der Waals surface area (Å²) in [6.07, 6.45) is 0. The molecule has 2 nitrogen and oxygen atoms in total. The molecule has 17 aromatic rings. The summed E-state index contributed by atoms with van der Waals surface area (Å²) in [5.74, 6) is 0. The summed E-state index contributed by atoms with van der Waals surface area (Å²) in [4.78, 5) is 0. The maximum absolute atomic E-state index is 2.45. The third-order valence-corrected chi connectivity index (χ3v) is 19.4. The van der Waals surface area contributed by atoms with Gasteiger partial charge in [0, 0.05) is 73.3 Å². The Hall–Kier alpha value is -10.1. The van der Waals surface area contributed by atoms with Crippen LogP contribution in [-0.2, 0) is 0 Å². The molecular formula is C78H48N2S2. The van der Waals surface area contributed by atoms with Gasteiger partial charge >= 0.3 is 0 Å². The first kappa shape index (κ1) is 46.8. The Morgan fingerprint density at radius 1 is 0.195 bits per heavy atom. The third-order valence-electron chi connectivity index (χ3n) is 17.0. The number of nitrogens with zero attached hydrogens (tertiary/aromatic N) is 2. The molecule has 0 amide bonds. The van der Waals surface area contributed by atoms with Crippen LogP contribution in [0, 0.1) is 0 Å². The number of hydrogen-bond donors (Lipinski definition) is 0. The van der Waals surface area contributed by atoms with E-state index in [4.69, 9.17) is 0 Å². The molecule has 0 aliphatic heterocycles. The molecule has 13 aromatic carbocycles. The predicted molar refractivity (Wildman–Crippen MR) is 354 cm³/mol. The van der Waals surface area contributed by atoms with Gasteiger partial charge < -0.3 is 9.13 Å². The van der Waals surface area contributed by atoms with Crippen LogP contribution in [0.5, 0.6) is 0 Å². The lowest BCUT2D eigenvalue weighted by atomic mass is 9.93. The van der Waals surface area contributed by atoms with Gasteiger partial charge in [0.15, 0.2) is 0 Å². The van der Waals surface area contributed by atoms with Gasteiger partial charge in [0.2, 0.25) is 0 Å². The van der Waals surface area contributed by atoms with Gasteiger partial charge in [-0.25, -0.2) is 0 Å². The Bertz CT molecular complexity index is 5070. The Labute approximate surface area is 481 Å². The summed E-state index contributed by atoms with van der Waals surface area (Å²) in [6, 6.07) is 108. The standard InChI is InChI=1S/C78H48N2S2/c1-3-18-49(19-4-1)57-24-7-9-26-59(57)51-38-42-75-69(46-51)65-32-16-30-61(77(65)81-75)53-36-40-73-67(44-53)63-28-11-13-34-71(63)79(73)55-22-15-23-56(48-55)80-72-35-14-12-29-64(72)68-45-54(37-41-74(68)80)62-31-17-33-66-70-47-52(39-43-76(70)82-78(62)66)60-27-10-8-25-58(60)50-20-5-2-6-21-50/h1-48H. The predicted octanol–water partition coefficient (Wildman–Crippen LogP) is 22.6. The summed E-state index contributed by atoms with van der Waals surface area (Å²) in [5, 5.41) is 10.1. The van der Waals surface area contributed by atoms with E-state index in [0.717, 1.165) is 11.4 Å². The number of thiophene rings is 2. The maximum atomic E-state index is 2.45. The largest absolute Gasteiger partial charge is 0.309 e. The number of benzene rings is 13. The second-order valence-electron chi connectivity index (χ2n) is 21.5. The molecule has 382 valence electrons. The molecule has 4 aromatic heterocycles. The van der Waals surface area contributed by atoms with Crippen molar-refractivity contribution in [2.24, 2.45) is 0 Å². The first-order valence-electron chi connectivity index (χ1n) is 28.1. The van der Waals surface area contributed by atoms with Gasteiger partial charge in [0.05, 0.1) is 22.1 Å². The number of rotatable bonds is 8. The van der Waals surface area contributed by atoms with Crippen molar-refractivity contribution >= 4 is 107 Å². The Morgan fingerprint density at radius 2 is 0.524 bits per heavy atom. The molecule has 17 rings (SSSR count). The van der Waals surface area contributed by atoms with Crippen molar-refractivity contribution in [2.75, 3.05) is 0 Å². The van der Waals surface area contributed by atoms with E-state index in [1.54, 1.807) is 0 Å². The van der Waals surface area contributed by atoms with E-state index >= 15 is 0 Å². The van der Waals surface area contributed by atoms with Crippen LogP contribution in [0.4, 0.5) is 0 Å². The van der Waals surface area contributed by atoms with Crippen LogP contribution in [0.1, 0.15) is 0 Å². The molecule has 0 saturated carbocycles. The lowest BCUT2D eigenvalue weighted by Crippen LogP contribution is -1.98. The molecule has 4 heterocycles. The summed E-state index contributed by atoms with van der Waals surface area (Å²) < 4.78 is 10.1. The zero-order valence-corrected chi connectivity index (χ0v) is 46.1. The fourth-order valence-corrected chi connectivity index (χ4v) is 15.6. The number of para-hydroxylation sites is 2. The lowest BCUT2D eigenvalue weighted by molar-refractivity contribution is 1.13. The summed E-state index contributed by atoms with van der Waals surface area (Å²) >= 11 is 3.79. The van der Waals surface area contributed by atoms with E-state index in [9.17, 15) is 0 Å². The second kappa shape index (κ2) is 18.8. The Balaban J connectivity index is 0.746. The molecule has 0 aliphatic carbocycles.